The van der Waals surface area contributed by atoms with E-state index >= 15 is 0 Å². The van der Waals surface area contributed by atoms with Crippen molar-refractivity contribution in [1.29, 1.82) is 0 Å². The van der Waals surface area contributed by atoms with E-state index in [9.17, 15) is 9.59 Å². The number of pyridine rings is 1. The third-order valence-corrected chi connectivity index (χ3v) is 7.37. The average molecular weight is 414 g/mol. The summed E-state index contributed by atoms with van der Waals surface area (Å²) in [6.07, 6.45) is 8.84. The lowest BCUT2D eigenvalue weighted by Gasteiger charge is -2.62. The zero-order valence-corrected chi connectivity index (χ0v) is 17.7. The first kappa shape index (κ1) is 19.9. The van der Waals surface area contributed by atoms with E-state index in [0.29, 0.717) is 44.4 Å². The molecule has 1 atom stereocenters. The summed E-state index contributed by atoms with van der Waals surface area (Å²) in [7, 11) is 0. The van der Waals surface area contributed by atoms with Crippen LogP contribution in [0, 0.1) is 12.8 Å². The van der Waals surface area contributed by atoms with Crippen LogP contribution in [0.5, 0.6) is 0 Å². The van der Waals surface area contributed by atoms with Crippen LogP contribution in [0.15, 0.2) is 18.5 Å². The third kappa shape index (κ3) is 3.42. The van der Waals surface area contributed by atoms with Crippen LogP contribution in [0.25, 0.3) is 0 Å². The lowest BCUT2D eigenvalue weighted by atomic mass is 9.72. The van der Waals surface area contributed by atoms with Gasteiger partial charge < -0.3 is 19.3 Å². The minimum Gasteiger partial charge on any atom is -0.381 e. The number of aromatic nitrogens is 1. The largest absolute Gasteiger partial charge is 0.381 e. The van der Waals surface area contributed by atoms with Crippen LogP contribution in [0.2, 0.25) is 0 Å². The number of hydrogen-bond donors (Lipinski definition) is 0. The van der Waals surface area contributed by atoms with Gasteiger partial charge in [-0.1, -0.05) is 0 Å². The molecule has 4 fully saturated rings. The Bertz CT molecular complexity index is 810. The van der Waals surface area contributed by atoms with Crippen LogP contribution in [0.1, 0.15) is 54.4 Å². The number of rotatable bonds is 5. The van der Waals surface area contributed by atoms with Crippen molar-refractivity contribution in [3.63, 3.8) is 0 Å². The highest BCUT2D eigenvalue weighted by atomic mass is 16.5. The van der Waals surface area contributed by atoms with Gasteiger partial charge in [0.05, 0.1) is 17.7 Å². The highest BCUT2D eigenvalue weighted by molar-refractivity contribution is 5.95. The fraction of sp³-hybridized carbons (Fsp3) is 0.696. The van der Waals surface area contributed by atoms with Gasteiger partial charge in [-0.05, 0) is 63.0 Å². The minimum atomic E-state index is -0.306. The molecule has 0 radical (unpaired) electrons. The molecule has 7 heteroatoms. The van der Waals surface area contributed by atoms with Crippen molar-refractivity contribution >= 4 is 11.8 Å². The topological polar surface area (TPSA) is 72.0 Å². The number of nitrogens with zero attached hydrogens (tertiary/aromatic N) is 3. The third-order valence-electron chi connectivity index (χ3n) is 7.37. The monoisotopic (exact) mass is 413 g/mol. The standard InChI is InChI=1S/C23H31N3O4/c1-16-4-9-24-14-19(16)21(27)25-10-5-18(6-11-25)26-22(28)20(30-15-17-2-3-17)23(26)7-12-29-13-8-23/h4,9,14,17-18,20H,2-3,5-8,10-13,15H2,1H3. The van der Waals surface area contributed by atoms with Crippen molar-refractivity contribution in [2.24, 2.45) is 5.92 Å². The van der Waals surface area contributed by atoms with Crippen LogP contribution >= 0.6 is 0 Å². The molecule has 1 aliphatic carbocycles. The highest BCUT2D eigenvalue weighted by Crippen LogP contribution is 2.46. The number of carbonyl (C=O) groups is 2. The van der Waals surface area contributed by atoms with Gasteiger partial charge in [-0.3, -0.25) is 14.6 Å². The number of β-lactam (4-membered cyclic amide) rings is 1. The van der Waals surface area contributed by atoms with E-state index in [2.05, 4.69) is 9.88 Å². The maximum Gasteiger partial charge on any atom is 0.255 e. The summed E-state index contributed by atoms with van der Waals surface area (Å²) in [5.74, 6) is 0.833. The van der Waals surface area contributed by atoms with Gasteiger partial charge in [0.15, 0.2) is 6.10 Å². The van der Waals surface area contributed by atoms with Gasteiger partial charge in [0.1, 0.15) is 0 Å². The Hall–Kier alpha value is -1.99. The summed E-state index contributed by atoms with van der Waals surface area (Å²) < 4.78 is 11.8. The zero-order chi connectivity index (χ0) is 20.7. The first-order chi connectivity index (χ1) is 14.6. The van der Waals surface area contributed by atoms with Gasteiger partial charge in [-0.2, -0.15) is 0 Å². The Morgan fingerprint density at radius 2 is 1.97 bits per heavy atom. The van der Waals surface area contributed by atoms with E-state index in [4.69, 9.17) is 9.47 Å². The molecule has 5 rings (SSSR count). The molecule has 1 aromatic heterocycles. The first-order valence-electron chi connectivity index (χ1n) is 11.3. The molecule has 0 N–H and O–H groups in total. The van der Waals surface area contributed by atoms with Crippen molar-refractivity contribution in [3.05, 3.63) is 29.6 Å². The van der Waals surface area contributed by atoms with E-state index in [0.717, 1.165) is 31.2 Å². The predicted octanol–water partition coefficient (Wildman–Crippen LogP) is 2.18. The Kier molecular flexibility index (Phi) is 5.27. The molecule has 0 bridgehead atoms. The summed E-state index contributed by atoms with van der Waals surface area (Å²) in [4.78, 5) is 34.2. The lowest BCUT2D eigenvalue weighted by Crippen LogP contribution is -2.79. The molecule has 3 saturated heterocycles. The SMILES string of the molecule is Cc1ccncc1C(=O)N1CCC(N2C(=O)C(OCC3CC3)C23CCOCC3)CC1. The predicted molar refractivity (Wildman–Crippen MR) is 110 cm³/mol. The Morgan fingerprint density at radius 1 is 1.23 bits per heavy atom. The molecule has 1 saturated carbocycles. The van der Waals surface area contributed by atoms with Crippen LogP contribution < -0.4 is 0 Å². The van der Waals surface area contributed by atoms with Gasteiger partial charge in [0, 0.05) is 44.7 Å². The van der Waals surface area contributed by atoms with E-state index in [-0.39, 0.29) is 29.5 Å². The van der Waals surface area contributed by atoms with Crippen molar-refractivity contribution in [2.75, 3.05) is 32.9 Å². The van der Waals surface area contributed by atoms with Crippen molar-refractivity contribution in [2.45, 2.75) is 63.1 Å². The molecule has 4 heterocycles. The molecular weight excluding hydrogens is 382 g/mol. The van der Waals surface area contributed by atoms with Crippen LogP contribution in [0.4, 0.5) is 0 Å². The summed E-state index contributed by atoms with van der Waals surface area (Å²) >= 11 is 0. The summed E-state index contributed by atoms with van der Waals surface area (Å²) in [6, 6.07) is 2.05. The van der Waals surface area contributed by atoms with Gasteiger partial charge >= 0.3 is 0 Å². The second kappa shape index (κ2) is 7.93. The molecule has 162 valence electrons. The fourth-order valence-corrected chi connectivity index (χ4v) is 5.34. The van der Waals surface area contributed by atoms with Crippen molar-refractivity contribution < 1.29 is 19.1 Å². The number of aryl methyl sites for hydroxylation is 1. The minimum absolute atomic E-state index is 0.0420. The lowest BCUT2D eigenvalue weighted by molar-refractivity contribution is -0.219. The number of amides is 2. The van der Waals surface area contributed by atoms with Gasteiger partial charge in [-0.25, -0.2) is 0 Å². The van der Waals surface area contributed by atoms with E-state index in [1.165, 1.54) is 12.8 Å². The zero-order valence-electron chi connectivity index (χ0n) is 17.7. The molecule has 2 amide bonds. The molecule has 1 aromatic rings. The fourth-order valence-electron chi connectivity index (χ4n) is 5.34. The Morgan fingerprint density at radius 3 is 2.63 bits per heavy atom. The molecule has 0 aromatic carbocycles. The first-order valence-corrected chi connectivity index (χ1v) is 11.3. The van der Waals surface area contributed by atoms with Crippen molar-refractivity contribution in [3.8, 4) is 0 Å². The number of carbonyl (C=O) groups excluding carboxylic acids is 2. The van der Waals surface area contributed by atoms with E-state index in [1.54, 1.807) is 12.4 Å². The molecule has 3 aliphatic heterocycles. The molecule has 1 spiro atoms. The average Bonchev–Trinajstić information content (AvgIpc) is 3.59. The smallest absolute Gasteiger partial charge is 0.255 e. The molecule has 30 heavy (non-hydrogen) atoms. The van der Waals surface area contributed by atoms with Crippen LogP contribution in [-0.4, -0.2) is 77.2 Å². The Balaban J connectivity index is 1.25. The highest BCUT2D eigenvalue weighted by Gasteiger charge is 2.63. The van der Waals surface area contributed by atoms with Gasteiger partial charge in [-0.15, -0.1) is 0 Å². The maximum absolute atomic E-state index is 13.1. The second-order valence-corrected chi connectivity index (χ2v) is 9.29. The maximum atomic E-state index is 13.1. The summed E-state index contributed by atoms with van der Waals surface area (Å²) in [5, 5.41) is 0. The van der Waals surface area contributed by atoms with Gasteiger partial charge in [0.25, 0.3) is 11.8 Å². The van der Waals surface area contributed by atoms with Gasteiger partial charge in [0.2, 0.25) is 0 Å². The Labute approximate surface area is 177 Å². The van der Waals surface area contributed by atoms with Crippen LogP contribution in [0.3, 0.4) is 0 Å². The molecule has 7 nitrogen and oxygen atoms in total. The molecule has 4 aliphatic rings. The molecular formula is C23H31N3O4. The number of ether oxygens (including phenoxy) is 2. The van der Waals surface area contributed by atoms with Crippen LogP contribution in [-0.2, 0) is 14.3 Å². The van der Waals surface area contributed by atoms with Crippen molar-refractivity contribution in [1.82, 2.24) is 14.8 Å². The quantitative estimate of drug-likeness (QED) is 0.692. The number of likely N-dealkylation sites (tertiary alicyclic amines) is 2. The summed E-state index contributed by atoms with van der Waals surface area (Å²) in [6.45, 7) is 5.36. The van der Waals surface area contributed by atoms with E-state index < -0.39 is 0 Å². The second-order valence-electron chi connectivity index (χ2n) is 9.29. The number of hydrogen-bond acceptors (Lipinski definition) is 5. The summed E-state index contributed by atoms with van der Waals surface area (Å²) in [5.41, 5.74) is 1.42. The van der Waals surface area contributed by atoms with E-state index in [1.807, 2.05) is 17.9 Å². The number of piperidine rings is 1. The molecule has 1 unspecified atom stereocenters. The normalized spacial score (nSPS) is 26.7.